The number of pyridine rings is 1. The van der Waals surface area contributed by atoms with Gasteiger partial charge in [0.05, 0.1) is 6.20 Å². The Bertz CT molecular complexity index is 211. The highest BCUT2D eigenvalue weighted by Crippen LogP contribution is 2.06. The van der Waals surface area contributed by atoms with Crippen LogP contribution in [0.3, 0.4) is 0 Å². The summed E-state index contributed by atoms with van der Waals surface area (Å²) in [5, 5.41) is 0. The van der Waals surface area contributed by atoms with Gasteiger partial charge in [0.25, 0.3) is 0 Å². The predicted octanol–water partition coefficient (Wildman–Crippen LogP) is 2.96. The van der Waals surface area contributed by atoms with E-state index in [1.165, 1.54) is 30.6 Å². The van der Waals surface area contributed by atoms with Crippen LogP contribution in [0, 0.1) is 6.20 Å². The Morgan fingerprint density at radius 3 is 3.00 bits per heavy atom. The molecule has 2 heteroatoms. The van der Waals surface area contributed by atoms with Crippen molar-refractivity contribution in [3.63, 3.8) is 0 Å². The molecule has 0 aliphatic carbocycles. The molecule has 0 amide bonds. The van der Waals surface area contributed by atoms with Crippen molar-refractivity contribution in [2.24, 2.45) is 0 Å². The minimum Gasteiger partial charge on any atom is -0.254 e. The Morgan fingerprint density at radius 2 is 2.31 bits per heavy atom. The van der Waals surface area contributed by atoms with Gasteiger partial charge in [-0.15, -0.1) is 0 Å². The van der Waals surface area contributed by atoms with Crippen LogP contribution in [0.25, 0.3) is 0 Å². The minimum atomic E-state index is 1.13. The number of rotatable bonds is 6. The summed E-state index contributed by atoms with van der Waals surface area (Å²) < 4.78 is 0. The van der Waals surface area contributed by atoms with E-state index in [4.69, 9.17) is 0 Å². The monoisotopic (exact) mass is 194 g/mol. The second kappa shape index (κ2) is 6.96. The standard InChI is InChI=1S/C11H16NS/c1-13-9-4-2-3-6-11-7-5-8-12-10-11/h5,7-8H,2-4,6,9H2,1H3. The quantitative estimate of drug-likeness (QED) is 0.646. The van der Waals surface area contributed by atoms with Crippen molar-refractivity contribution < 1.29 is 0 Å². The summed E-state index contributed by atoms with van der Waals surface area (Å²) in [7, 11) is 0. The number of hydrogen-bond acceptors (Lipinski definition) is 2. The van der Waals surface area contributed by atoms with Crippen molar-refractivity contribution in [1.82, 2.24) is 4.98 Å². The zero-order valence-corrected chi connectivity index (χ0v) is 8.94. The summed E-state index contributed by atoms with van der Waals surface area (Å²) >= 11 is 1.93. The lowest BCUT2D eigenvalue weighted by molar-refractivity contribution is 0.720. The molecule has 0 aromatic carbocycles. The van der Waals surface area contributed by atoms with Crippen LogP contribution in [-0.2, 0) is 6.42 Å². The Labute approximate surface area is 85.0 Å². The van der Waals surface area contributed by atoms with E-state index in [1.807, 2.05) is 17.8 Å². The zero-order chi connectivity index (χ0) is 9.36. The van der Waals surface area contributed by atoms with Gasteiger partial charge in [-0.05, 0) is 42.9 Å². The molecule has 0 saturated carbocycles. The Kier molecular flexibility index (Phi) is 5.66. The average Bonchev–Trinajstić information content (AvgIpc) is 2.19. The van der Waals surface area contributed by atoms with E-state index in [9.17, 15) is 0 Å². The SMILES string of the molecule is CSCCCCCc1[c]nccc1. The average molecular weight is 194 g/mol. The van der Waals surface area contributed by atoms with E-state index in [0.717, 1.165) is 6.42 Å². The van der Waals surface area contributed by atoms with Gasteiger partial charge in [-0.25, -0.2) is 0 Å². The molecule has 0 aliphatic rings. The van der Waals surface area contributed by atoms with E-state index < -0.39 is 0 Å². The molecule has 0 fully saturated rings. The molecule has 71 valence electrons. The van der Waals surface area contributed by atoms with Crippen LogP contribution < -0.4 is 0 Å². The summed E-state index contributed by atoms with van der Waals surface area (Å²) in [5.74, 6) is 1.29. The molecule has 1 aromatic heterocycles. The topological polar surface area (TPSA) is 12.9 Å². The van der Waals surface area contributed by atoms with E-state index in [-0.39, 0.29) is 0 Å². The van der Waals surface area contributed by atoms with Gasteiger partial charge in [-0.1, -0.05) is 12.5 Å². The highest BCUT2D eigenvalue weighted by atomic mass is 32.2. The third kappa shape index (κ3) is 4.94. The molecule has 13 heavy (non-hydrogen) atoms. The third-order valence-electron chi connectivity index (χ3n) is 1.96. The lowest BCUT2D eigenvalue weighted by Crippen LogP contribution is -1.87. The molecule has 0 bridgehead atoms. The van der Waals surface area contributed by atoms with Crippen molar-refractivity contribution in [2.75, 3.05) is 12.0 Å². The van der Waals surface area contributed by atoms with Crippen LogP contribution in [0.4, 0.5) is 0 Å². The first-order valence-electron chi connectivity index (χ1n) is 4.74. The van der Waals surface area contributed by atoms with Crippen LogP contribution >= 0.6 is 11.8 Å². The zero-order valence-electron chi connectivity index (χ0n) is 8.12. The van der Waals surface area contributed by atoms with Crippen LogP contribution in [0.5, 0.6) is 0 Å². The summed E-state index contributed by atoms with van der Waals surface area (Å²) in [6.45, 7) is 0. The number of hydrogen-bond donors (Lipinski definition) is 0. The van der Waals surface area contributed by atoms with Gasteiger partial charge in [-0.3, -0.25) is 4.98 Å². The van der Waals surface area contributed by atoms with Crippen molar-refractivity contribution in [3.05, 3.63) is 30.1 Å². The molecule has 0 saturated heterocycles. The van der Waals surface area contributed by atoms with Crippen LogP contribution in [0.15, 0.2) is 18.3 Å². The van der Waals surface area contributed by atoms with Gasteiger partial charge in [0, 0.05) is 6.20 Å². The number of nitrogens with zero attached hydrogens (tertiary/aromatic N) is 1. The van der Waals surface area contributed by atoms with E-state index in [1.54, 1.807) is 6.20 Å². The van der Waals surface area contributed by atoms with Crippen molar-refractivity contribution in [3.8, 4) is 0 Å². The second-order valence-corrected chi connectivity index (χ2v) is 4.06. The fourth-order valence-corrected chi connectivity index (χ4v) is 1.73. The minimum absolute atomic E-state index is 1.13. The summed E-state index contributed by atoms with van der Waals surface area (Å²) in [5.41, 5.74) is 1.24. The maximum absolute atomic E-state index is 3.97. The fourth-order valence-electron chi connectivity index (χ4n) is 1.24. The third-order valence-corrected chi connectivity index (χ3v) is 2.66. The van der Waals surface area contributed by atoms with Crippen LogP contribution in [0.1, 0.15) is 24.8 Å². The Balaban J connectivity index is 2.07. The first-order chi connectivity index (χ1) is 6.43. The lowest BCUT2D eigenvalue weighted by atomic mass is 10.1. The lowest BCUT2D eigenvalue weighted by Gasteiger charge is -1.99. The molecule has 1 rings (SSSR count). The molecular weight excluding hydrogens is 178 g/mol. The largest absolute Gasteiger partial charge is 0.254 e. The molecule has 0 spiro atoms. The van der Waals surface area contributed by atoms with Crippen LogP contribution in [0.2, 0.25) is 0 Å². The van der Waals surface area contributed by atoms with Crippen molar-refractivity contribution in [2.45, 2.75) is 25.7 Å². The van der Waals surface area contributed by atoms with Gasteiger partial charge >= 0.3 is 0 Å². The van der Waals surface area contributed by atoms with E-state index >= 15 is 0 Å². The molecule has 1 aromatic rings. The number of thioether (sulfide) groups is 1. The Morgan fingerprint density at radius 1 is 1.38 bits per heavy atom. The molecule has 0 N–H and O–H groups in total. The molecule has 1 nitrogen and oxygen atoms in total. The first kappa shape index (κ1) is 10.6. The van der Waals surface area contributed by atoms with E-state index in [0.29, 0.717) is 0 Å². The van der Waals surface area contributed by atoms with Gasteiger partial charge in [-0.2, -0.15) is 11.8 Å². The smallest absolute Gasteiger partial charge is 0.0920 e. The van der Waals surface area contributed by atoms with Gasteiger partial charge in [0.1, 0.15) is 0 Å². The number of unbranched alkanes of at least 4 members (excludes halogenated alkanes) is 2. The molecule has 1 radical (unpaired) electrons. The normalized spacial score (nSPS) is 10.2. The first-order valence-corrected chi connectivity index (χ1v) is 6.13. The molecule has 0 unspecified atom stereocenters. The van der Waals surface area contributed by atoms with Crippen molar-refractivity contribution >= 4 is 11.8 Å². The van der Waals surface area contributed by atoms with Crippen LogP contribution in [-0.4, -0.2) is 17.0 Å². The second-order valence-electron chi connectivity index (χ2n) is 3.08. The number of aromatic nitrogens is 1. The van der Waals surface area contributed by atoms with Gasteiger partial charge in [0.2, 0.25) is 0 Å². The maximum Gasteiger partial charge on any atom is 0.0920 e. The highest BCUT2D eigenvalue weighted by molar-refractivity contribution is 7.98. The maximum atomic E-state index is 3.97. The number of aryl methyl sites for hydroxylation is 1. The summed E-state index contributed by atoms with van der Waals surface area (Å²) in [6.07, 6.45) is 12.0. The predicted molar refractivity (Wildman–Crippen MR) is 59.0 cm³/mol. The molecule has 0 atom stereocenters. The summed E-state index contributed by atoms with van der Waals surface area (Å²) in [4.78, 5) is 3.97. The van der Waals surface area contributed by atoms with E-state index in [2.05, 4.69) is 23.5 Å². The Hall–Kier alpha value is -0.500. The highest BCUT2D eigenvalue weighted by Gasteiger charge is 1.92. The van der Waals surface area contributed by atoms with Gasteiger partial charge < -0.3 is 0 Å². The van der Waals surface area contributed by atoms with Gasteiger partial charge in [0.15, 0.2) is 0 Å². The van der Waals surface area contributed by atoms with Crippen molar-refractivity contribution in [1.29, 1.82) is 0 Å². The fraction of sp³-hybridized carbons (Fsp3) is 0.545. The molecule has 0 aliphatic heterocycles. The molecule has 1 heterocycles. The molecular formula is C11H16NS. The summed E-state index contributed by atoms with van der Waals surface area (Å²) in [6, 6.07) is 4.08.